The molecular formula is C17H19NO3. The van der Waals surface area contributed by atoms with Gasteiger partial charge in [0.1, 0.15) is 6.04 Å². The van der Waals surface area contributed by atoms with Crippen molar-refractivity contribution < 1.29 is 14.6 Å². The molecule has 0 saturated carbocycles. The monoisotopic (exact) mass is 285 g/mol. The summed E-state index contributed by atoms with van der Waals surface area (Å²) < 4.78 is 4.78. The van der Waals surface area contributed by atoms with Crippen LogP contribution in [0.1, 0.15) is 24.4 Å². The third-order valence-corrected chi connectivity index (χ3v) is 4.08. The quantitative estimate of drug-likeness (QED) is 0.830. The molecule has 0 amide bonds. The van der Waals surface area contributed by atoms with Crippen molar-refractivity contribution in [2.24, 2.45) is 0 Å². The Morgan fingerprint density at radius 2 is 1.95 bits per heavy atom. The topological polar surface area (TPSA) is 58.6 Å². The van der Waals surface area contributed by atoms with E-state index >= 15 is 0 Å². The van der Waals surface area contributed by atoms with Crippen LogP contribution in [0, 0.1) is 0 Å². The molecule has 1 fully saturated rings. The molecular weight excluding hydrogens is 266 g/mol. The maximum Gasteiger partial charge on any atom is 0.322 e. The zero-order valence-electron chi connectivity index (χ0n) is 12.0. The zero-order chi connectivity index (χ0) is 14.8. The summed E-state index contributed by atoms with van der Waals surface area (Å²) in [5.74, 6) is -0.320. The average Bonchev–Trinajstić information content (AvgIpc) is 2.53. The summed E-state index contributed by atoms with van der Waals surface area (Å²) in [6.45, 7) is 0. The molecule has 1 saturated heterocycles. The van der Waals surface area contributed by atoms with Gasteiger partial charge in [-0.05, 0) is 35.2 Å². The summed E-state index contributed by atoms with van der Waals surface area (Å²) in [4.78, 5) is 11.7. The van der Waals surface area contributed by atoms with Crippen LogP contribution in [-0.2, 0) is 9.53 Å². The molecule has 110 valence electrons. The van der Waals surface area contributed by atoms with Gasteiger partial charge in [0.25, 0.3) is 0 Å². The Morgan fingerprint density at radius 3 is 2.71 bits per heavy atom. The summed E-state index contributed by atoms with van der Waals surface area (Å²) in [6.07, 6.45) is 0.509. The van der Waals surface area contributed by atoms with E-state index in [4.69, 9.17) is 4.74 Å². The second-order valence-corrected chi connectivity index (χ2v) is 5.53. The lowest BCUT2D eigenvalue weighted by Crippen LogP contribution is -2.47. The van der Waals surface area contributed by atoms with Gasteiger partial charge < -0.3 is 9.84 Å². The van der Waals surface area contributed by atoms with Crippen molar-refractivity contribution in [3.63, 3.8) is 0 Å². The number of fused-ring (bicyclic) bond motifs is 1. The van der Waals surface area contributed by atoms with Crippen LogP contribution in [0.5, 0.6) is 0 Å². The fraction of sp³-hybridized carbons (Fsp3) is 0.353. The highest BCUT2D eigenvalue weighted by Crippen LogP contribution is 2.28. The van der Waals surface area contributed by atoms with Crippen LogP contribution in [-0.4, -0.2) is 30.3 Å². The fourth-order valence-electron chi connectivity index (χ4n) is 2.98. The van der Waals surface area contributed by atoms with Crippen LogP contribution >= 0.6 is 0 Å². The van der Waals surface area contributed by atoms with E-state index in [0.717, 1.165) is 10.9 Å². The van der Waals surface area contributed by atoms with Gasteiger partial charge in [-0.25, -0.2) is 0 Å². The van der Waals surface area contributed by atoms with Gasteiger partial charge in [-0.3, -0.25) is 10.1 Å². The van der Waals surface area contributed by atoms with Crippen molar-refractivity contribution in [2.75, 3.05) is 7.11 Å². The van der Waals surface area contributed by atoms with Gasteiger partial charge in [0.15, 0.2) is 0 Å². The molecule has 0 unspecified atom stereocenters. The highest BCUT2D eigenvalue weighted by atomic mass is 16.5. The molecule has 0 bridgehead atoms. The number of carbonyl (C=O) groups is 1. The van der Waals surface area contributed by atoms with Crippen LogP contribution in [0.2, 0.25) is 0 Å². The smallest absolute Gasteiger partial charge is 0.322 e. The number of benzene rings is 2. The molecule has 4 heteroatoms. The maximum atomic E-state index is 11.7. The van der Waals surface area contributed by atoms with Gasteiger partial charge >= 0.3 is 5.97 Å². The summed E-state index contributed by atoms with van der Waals surface area (Å²) in [7, 11) is 1.37. The largest absolute Gasteiger partial charge is 0.468 e. The van der Waals surface area contributed by atoms with Gasteiger partial charge in [0, 0.05) is 6.04 Å². The van der Waals surface area contributed by atoms with E-state index in [-0.39, 0.29) is 12.0 Å². The second kappa shape index (κ2) is 5.84. The highest BCUT2D eigenvalue weighted by Gasteiger charge is 2.32. The molecule has 3 atom stereocenters. The van der Waals surface area contributed by atoms with Crippen molar-refractivity contribution in [1.82, 2.24) is 5.32 Å². The first kappa shape index (κ1) is 14.0. The lowest BCUT2D eigenvalue weighted by atomic mass is 9.90. The fourth-order valence-corrected chi connectivity index (χ4v) is 2.98. The molecule has 1 aliphatic heterocycles. The van der Waals surface area contributed by atoms with E-state index in [1.807, 2.05) is 18.2 Å². The lowest BCUT2D eigenvalue weighted by molar-refractivity contribution is -0.145. The molecule has 0 radical (unpaired) electrons. The van der Waals surface area contributed by atoms with Gasteiger partial charge in [-0.1, -0.05) is 36.4 Å². The van der Waals surface area contributed by atoms with Crippen LogP contribution in [0.25, 0.3) is 10.8 Å². The zero-order valence-corrected chi connectivity index (χ0v) is 12.0. The highest BCUT2D eigenvalue weighted by molar-refractivity contribution is 5.83. The number of aliphatic hydroxyl groups is 1. The number of aliphatic hydroxyl groups excluding tert-OH is 1. The Bertz CT molecular complexity index is 655. The summed E-state index contributed by atoms with van der Waals surface area (Å²) >= 11 is 0. The van der Waals surface area contributed by atoms with E-state index in [0.29, 0.717) is 12.8 Å². The standard InChI is InChI=1S/C17H19NO3/c1-21-17(20)16-10-14(19)9-15(18-16)13-7-6-11-4-2-3-5-12(11)8-13/h2-8,14-16,18-19H,9-10H2,1H3/t14-,15-,16+/m1/s1. The van der Waals surface area contributed by atoms with E-state index in [2.05, 4.69) is 29.6 Å². The van der Waals surface area contributed by atoms with Gasteiger partial charge in [0.05, 0.1) is 13.2 Å². The summed E-state index contributed by atoms with van der Waals surface area (Å²) in [6, 6.07) is 13.9. The van der Waals surface area contributed by atoms with Crippen molar-refractivity contribution in [3.8, 4) is 0 Å². The van der Waals surface area contributed by atoms with Gasteiger partial charge in [-0.15, -0.1) is 0 Å². The van der Waals surface area contributed by atoms with Crippen molar-refractivity contribution in [3.05, 3.63) is 48.0 Å². The van der Waals surface area contributed by atoms with Crippen LogP contribution in [0.4, 0.5) is 0 Å². The maximum absolute atomic E-state index is 11.7. The van der Waals surface area contributed by atoms with Crippen LogP contribution < -0.4 is 5.32 Å². The Hall–Kier alpha value is -1.91. The number of piperidine rings is 1. The Morgan fingerprint density at radius 1 is 1.19 bits per heavy atom. The third kappa shape index (κ3) is 2.91. The molecule has 1 heterocycles. The van der Waals surface area contributed by atoms with E-state index < -0.39 is 12.1 Å². The minimum atomic E-state index is -0.494. The lowest BCUT2D eigenvalue weighted by Gasteiger charge is -2.33. The predicted molar refractivity (Wildman–Crippen MR) is 80.9 cm³/mol. The predicted octanol–water partition coefficient (Wildman–Crippen LogP) is 2.17. The molecule has 0 aliphatic carbocycles. The molecule has 3 rings (SSSR count). The van der Waals surface area contributed by atoms with Crippen molar-refractivity contribution >= 4 is 16.7 Å². The number of rotatable bonds is 2. The molecule has 21 heavy (non-hydrogen) atoms. The summed E-state index contributed by atoms with van der Waals surface area (Å²) in [5.41, 5.74) is 1.08. The molecule has 2 aromatic carbocycles. The third-order valence-electron chi connectivity index (χ3n) is 4.08. The first-order chi connectivity index (χ1) is 10.2. The van der Waals surface area contributed by atoms with Crippen molar-refractivity contribution in [2.45, 2.75) is 31.0 Å². The number of carbonyl (C=O) groups excluding carboxylic acids is 1. The normalized spacial score (nSPS) is 25.7. The molecule has 2 aromatic rings. The first-order valence-corrected chi connectivity index (χ1v) is 7.18. The second-order valence-electron chi connectivity index (χ2n) is 5.53. The minimum absolute atomic E-state index is 0.0394. The number of methoxy groups -OCH3 is 1. The van der Waals surface area contributed by atoms with Crippen LogP contribution in [0.3, 0.4) is 0 Å². The molecule has 2 N–H and O–H groups in total. The number of hydrogen-bond donors (Lipinski definition) is 2. The van der Waals surface area contributed by atoms with Gasteiger partial charge in [0.2, 0.25) is 0 Å². The van der Waals surface area contributed by atoms with E-state index in [9.17, 15) is 9.90 Å². The molecule has 4 nitrogen and oxygen atoms in total. The van der Waals surface area contributed by atoms with E-state index in [1.165, 1.54) is 12.5 Å². The molecule has 0 aromatic heterocycles. The van der Waals surface area contributed by atoms with E-state index in [1.54, 1.807) is 0 Å². The Balaban J connectivity index is 1.88. The number of hydrogen-bond acceptors (Lipinski definition) is 4. The van der Waals surface area contributed by atoms with Crippen LogP contribution in [0.15, 0.2) is 42.5 Å². The summed E-state index contributed by atoms with van der Waals surface area (Å²) in [5, 5.41) is 15.6. The Kier molecular flexibility index (Phi) is 3.90. The number of nitrogens with one attached hydrogen (secondary N) is 1. The average molecular weight is 285 g/mol. The molecule has 1 aliphatic rings. The van der Waals surface area contributed by atoms with Gasteiger partial charge in [-0.2, -0.15) is 0 Å². The van der Waals surface area contributed by atoms with Crippen molar-refractivity contribution in [1.29, 1.82) is 0 Å². The number of ether oxygens (including phenoxy) is 1. The minimum Gasteiger partial charge on any atom is -0.468 e. The first-order valence-electron chi connectivity index (χ1n) is 7.18. The Labute approximate surface area is 123 Å². The molecule has 0 spiro atoms. The number of esters is 1. The SMILES string of the molecule is COC(=O)[C@@H]1C[C@H](O)C[C@H](c2ccc3ccccc3c2)N1.